The second-order valence-corrected chi connectivity index (χ2v) is 7.55. The fraction of sp³-hybridized carbons (Fsp3) is 0.348. The molecule has 0 spiro atoms. The van der Waals surface area contributed by atoms with Gasteiger partial charge in [-0.15, -0.1) is 0 Å². The molecule has 5 heteroatoms. The first-order valence-electron chi connectivity index (χ1n) is 10.1. The van der Waals surface area contributed by atoms with Gasteiger partial charge >= 0.3 is 0 Å². The average Bonchev–Trinajstić information content (AvgIpc) is 3.27. The minimum Gasteiger partial charge on any atom is -0.348 e. The van der Waals surface area contributed by atoms with Crippen LogP contribution >= 0.6 is 0 Å². The Balaban J connectivity index is 1.30. The number of aromatic nitrogens is 3. The van der Waals surface area contributed by atoms with Gasteiger partial charge in [0, 0.05) is 12.1 Å². The van der Waals surface area contributed by atoms with Gasteiger partial charge in [0.05, 0.1) is 6.54 Å². The molecule has 0 atom stereocenters. The molecule has 28 heavy (non-hydrogen) atoms. The molecule has 0 bridgehead atoms. The quantitative estimate of drug-likeness (QED) is 0.700. The maximum Gasteiger partial charge on any atom is 0.251 e. The first-order chi connectivity index (χ1) is 13.8. The minimum atomic E-state index is -0.0260. The summed E-state index contributed by atoms with van der Waals surface area (Å²) in [6.45, 7) is 1.22. The first-order valence-corrected chi connectivity index (χ1v) is 10.1. The zero-order valence-corrected chi connectivity index (χ0v) is 16.1. The van der Waals surface area contributed by atoms with Crippen LogP contribution in [0.15, 0.2) is 61.2 Å². The summed E-state index contributed by atoms with van der Waals surface area (Å²) in [6, 6.07) is 16.4. The molecule has 0 saturated heterocycles. The summed E-state index contributed by atoms with van der Waals surface area (Å²) in [5.41, 5.74) is 4.33. The van der Waals surface area contributed by atoms with Gasteiger partial charge in [0.25, 0.3) is 5.91 Å². The van der Waals surface area contributed by atoms with Crippen LogP contribution in [-0.2, 0) is 13.1 Å². The van der Waals surface area contributed by atoms with E-state index < -0.39 is 0 Å². The molecule has 144 valence electrons. The molecule has 1 aliphatic carbocycles. The van der Waals surface area contributed by atoms with Crippen LogP contribution in [0, 0.1) is 0 Å². The minimum absolute atomic E-state index is 0.0260. The Morgan fingerprint density at radius 2 is 1.68 bits per heavy atom. The molecular formula is C23H26N4O. The van der Waals surface area contributed by atoms with E-state index in [0.717, 1.165) is 16.7 Å². The Morgan fingerprint density at radius 3 is 2.36 bits per heavy atom. The first kappa shape index (κ1) is 18.4. The highest BCUT2D eigenvalue weighted by molar-refractivity contribution is 5.94. The normalized spacial score (nSPS) is 14.7. The lowest BCUT2D eigenvalue weighted by Gasteiger charge is -2.22. The number of carbonyl (C=O) groups excluding carboxylic acids is 1. The second kappa shape index (κ2) is 8.83. The van der Waals surface area contributed by atoms with E-state index in [1.165, 1.54) is 44.0 Å². The van der Waals surface area contributed by atoms with Crippen LogP contribution in [0.2, 0.25) is 0 Å². The van der Waals surface area contributed by atoms with Gasteiger partial charge in [-0.3, -0.25) is 4.79 Å². The highest BCUT2D eigenvalue weighted by Gasteiger charge is 2.15. The van der Waals surface area contributed by atoms with Crippen LogP contribution < -0.4 is 5.32 Å². The van der Waals surface area contributed by atoms with E-state index >= 15 is 0 Å². The van der Waals surface area contributed by atoms with Crippen LogP contribution in [0.4, 0.5) is 0 Å². The molecule has 0 aliphatic heterocycles. The highest BCUT2D eigenvalue weighted by atomic mass is 16.1. The summed E-state index contributed by atoms with van der Waals surface area (Å²) in [6.07, 6.45) is 9.80. The van der Waals surface area contributed by atoms with Crippen molar-refractivity contribution in [3.05, 3.63) is 83.4 Å². The van der Waals surface area contributed by atoms with E-state index in [4.69, 9.17) is 0 Å². The van der Waals surface area contributed by atoms with Crippen molar-refractivity contribution < 1.29 is 4.79 Å². The summed E-state index contributed by atoms with van der Waals surface area (Å²) in [4.78, 5) is 16.4. The molecule has 5 nitrogen and oxygen atoms in total. The Kier molecular flexibility index (Phi) is 5.80. The van der Waals surface area contributed by atoms with Crippen molar-refractivity contribution in [2.24, 2.45) is 0 Å². The van der Waals surface area contributed by atoms with E-state index in [1.807, 2.05) is 24.3 Å². The largest absolute Gasteiger partial charge is 0.348 e. The second-order valence-electron chi connectivity index (χ2n) is 7.55. The van der Waals surface area contributed by atoms with E-state index in [1.54, 1.807) is 11.0 Å². The standard InChI is InChI=1S/C23H26N4O/c28-23(22-12-10-21(11-13-22)20-4-2-1-3-5-20)25-14-18-6-8-19(9-7-18)15-27-17-24-16-26-27/h6-13,16-17,20H,1-5,14-15H2,(H,25,28). The lowest BCUT2D eigenvalue weighted by molar-refractivity contribution is 0.0951. The Labute approximate surface area is 165 Å². The topological polar surface area (TPSA) is 59.8 Å². The van der Waals surface area contributed by atoms with Crippen molar-refractivity contribution >= 4 is 5.91 Å². The monoisotopic (exact) mass is 374 g/mol. The van der Waals surface area contributed by atoms with Gasteiger partial charge in [-0.2, -0.15) is 5.10 Å². The molecule has 1 saturated carbocycles. The summed E-state index contributed by atoms with van der Waals surface area (Å²) < 4.78 is 1.79. The Bertz CT molecular complexity index is 879. The maximum atomic E-state index is 12.5. The third-order valence-electron chi connectivity index (χ3n) is 5.54. The number of nitrogens with zero attached hydrogens (tertiary/aromatic N) is 3. The molecule has 1 aliphatic rings. The molecule has 1 N–H and O–H groups in total. The van der Waals surface area contributed by atoms with Crippen molar-refractivity contribution in [1.29, 1.82) is 0 Å². The number of hydrogen-bond donors (Lipinski definition) is 1. The van der Waals surface area contributed by atoms with Crippen LogP contribution in [0.1, 0.15) is 65.1 Å². The lowest BCUT2D eigenvalue weighted by atomic mass is 9.84. The third-order valence-corrected chi connectivity index (χ3v) is 5.54. The van der Waals surface area contributed by atoms with Crippen LogP contribution in [0.5, 0.6) is 0 Å². The van der Waals surface area contributed by atoms with Crippen LogP contribution in [-0.4, -0.2) is 20.7 Å². The summed E-state index contributed by atoms with van der Waals surface area (Å²) >= 11 is 0. The molecule has 1 amide bonds. The number of amides is 1. The van der Waals surface area contributed by atoms with E-state index in [0.29, 0.717) is 19.0 Å². The Hall–Kier alpha value is -2.95. The molecule has 1 aromatic heterocycles. The molecular weight excluding hydrogens is 348 g/mol. The van der Waals surface area contributed by atoms with Gasteiger partial charge in [0.1, 0.15) is 12.7 Å². The van der Waals surface area contributed by atoms with Crippen molar-refractivity contribution in [2.45, 2.75) is 51.1 Å². The third kappa shape index (κ3) is 4.66. The van der Waals surface area contributed by atoms with E-state index in [9.17, 15) is 4.79 Å². The highest BCUT2D eigenvalue weighted by Crippen LogP contribution is 2.32. The van der Waals surface area contributed by atoms with Crippen molar-refractivity contribution in [2.75, 3.05) is 0 Å². The van der Waals surface area contributed by atoms with Gasteiger partial charge < -0.3 is 5.32 Å². The molecule has 1 fully saturated rings. The summed E-state index contributed by atoms with van der Waals surface area (Å²) in [7, 11) is 0. The number of hydrogen-bond acceptors (Lipinski definition) is 3. The predicted octanol–water partition coefficient (Wildman–Crippen LogP) is 4.30. The van der Waals surface area contributed by atoms with E-state index in [2.05, 4.69) is 39.7 Å². The summed E-state index contributed by atoms with van der Waals surface area (Å²) in [5, 5.41) is 7.12. The van der Waals surface area contributed by atoms with Gasteiger partial charge in [-0.1, -0.05) is 55.7 Å². The lowest BCUT2D eigenvalue weighted by Crippen LogP contribution is -2.22. The van der Waals surface area contributed by atoms with Gasteiger partial charge in [-0.05, 0) is 47.6 Å². The maximum absolute atomic E-state index is 12.5. The van der Waals surface area contributed by atoms with Gasteiger partial charge in [-0.25, -0.2) is 9.67 Å². The number of benzene rings is 2. The molecule has 1 heterocycles. The van der Waals surface area contributed by atoms with Crippen LogP contribution in [0.25, 0.3) is 0 Å². The van der Waals surface area contributed by atoms with Crippen molar-refractivity contribution in [3.63, 3.8) is 0 Å². The fourth-order valence-electron chi connectivity index (χ4n) is 3.89. The number of carbonyl (C=O) groups is 1. The SMILES string of the molecule is O=C(NCc1ccc(Cn2cncn2)cc1)c1ccc(C2CCCCC2)cc1. The zero-order valence-electron chi connectivity index (χ0n) is 16.1. The molecule has 0 radical (unpaired) electrons. The average molecular weight is 374 g/mol. The molecule has 4 rings (SSSR count). The van der Waals surface area contributed by atoms with Crippen LogP contribution in [0.3, 0.4) is 0 Å². The smallest absolute Gasteiger partial charge is 0.251 e. The van der Waals surface area contributed by atoms with Gasteiger partial charge in [0.15, 0.2) is 0 Å². The fourth-order valence-corrected chi connectivity index (χ4v) is 3.89. The molecule has 3 aromatic rings. The zero-order chi connectivity index (χ0) is 19.2. The van der Waals surface area contributed by atoms with Crippen molar-refractivity contribution in [3.8, 4) is 0 Å². The molecule has 0 unspecified atom stereocenters. The summed E-state index contributed by atoms with van der Waals surface area (Å²) in [5.74, 6) is 0.642. The van der Waals surface area contributed by atoms with Gasteiger partial charge in [0.2, 0.25) is 0 Å². The Morgan fingerprint density at radius 1 is 0.964 bits per heavy atom. The number of nitrogens with one attached hydrogen (secondary N) is 1. The number of rotatable bonds is 6. The van der Waals surface area contributed by atoms with E-state index in [-0.39, 0.29) is 5.91 Å². The predicted molar refractivity (Wildman–Crippen MR) is 109 cm³/mol. The molecule has 2 aromatic carbocycles. The van der Waals surface area contributed by atoms with Crippen molar-refractivity contribution in [1.82, 2.24) is 20.1 Å².